The fourth-order valence-electron chi connectivity index (χ4n) is 3.98. The number of hydrogen-bond donors (Lipinski definition) is 2. The molecule has 2 aromatic heterocycles. The van der Waals surface area contributed by atoms with Crippen molar-refractivity contribution >= 4 is 27.0 Å². The van der Waals surface area contributed by atoms with E-state index in [9.17, 15) is 31.5 Å². The van der Waals surface area contributed by atoms with Crippen LogP contribution in [-0.2, 0) is 22.6 Å². The van der Waals surface area contributed by atoms with E-state index in [4.69, 9.17) is 5.11 Å². The lowest BCUT2D eigenvalue weighted by molar-refractivity contribution is -0.137. The molecule has 1 unspecified atom stereocenters. The van der Waals surface area contributed by atoms with Crippen LogP contribution in [-0.4, -0.2) is 33.6 Å². The number of carboxylic acid groups (broad SMARTS) is 1. The molecule has 0 bridgehead atoms. The third-order valence-corrected chi connectivity index (χ3v) is 7.70. The first-order valence-corrected chi connectivity index (χ1v) is 12.7. The maximum absolute atomic E-state index is 13.8. The minimum absolute atomic E-state index is 0.0165. The maximum atomic E-state index is 13.8. The molecule has 2 aromatic carbocycles. The second-order valence-electron chi connectivity index (χ2n) is 8.92. The number of carbonyl (C=O) groups is 1. The summed E-state index contributed by atoms with van der Waals surface area (Å²) in [6.07, 6.45) is -5.72. The van der Waals surface area contributed by atoms with E-state index in [-0.39, 0.29) is 39.5 Å². The van der Waals surface area contributed by atoms with E-state index in [0.717, 1.165) is 15.6 Å². The lowest BCUT2D eigenvalue weighted by Crippen LogP contribution is -2.19. The van der Waals surface area contributed by atoms with Crippen LogP contribution in [0.25, 0.3) is 11.0 Å². The van der Waals surface area contributed by atoms with Crippen LogP contribution in [0.5, 0.6) is 0 Å². The first-order chi connectivity index (χ1) is 17.3. The second kappa shape index (κ2) is 9.64. The van der Waals surface area contributed by atoms with Crippen molar-refractivity contribution in [3.63, 3.8) is 0 Å². The molecule has 2 N–H and O–H groups in total. The minimum atomic E-state index is -4.70. The van der Waals surface area contributed by atoms with E-state index in [1.54, 1.807) is 12.1 Å². The second-order valence-corrected chi connectivity index (χ2v) is 10.7. The van der Waals surface area contributed by atoms with Gasteiger partial charge in [-0.3, -0.25) is 0 Å². The molecule has 0 aliphatic heterocycles. The first-order valence-electron chi connectivity index (χ1n) is 11.2. The number of aromatic carboxylic acids is 1. The van der Waals surface area contributed by atoms with Crippen LogP contribution in [0, 0.1) is 0 Å². The molecule has 37 heavy (non-hydrogen) atoms. The lowest BCUT2D eigenvalue weighted by atomic mass is 10.0. The Morgan fingerprint density at radius 3 is 2.32 bits per heavy atom. The van der Waals surface area contributed by atoms with Crippen molar-refractivity contribution in [1.29, 1.82) is 0 Å². The molecule has 0 saturated heterocycles. The van der Waals surface area contributed by atoms with Crippen LogP contribution in [0.15, 0.2) is 71.8 Å². The molecule has 0 radical (unpaired) electrons. The molecule has 1 atom stereocenters. The Balaban J connectivity index is 1.87. The number of hydrogen-bond acceptors (Lipinski definition) is 5. The predicted molar refractivity (Wildman–Crippen MR) is 130 cm³/mol. The molecule has 0 aliphatic carbocycles. The molecular weight excluding hydrogens is 509 g/mol. The fourth-order valence-corrected chi connectivity index (χ4v) is 5.56. The number of benzene rings is 2. The Kier molecular flexibility index (Phi) is 6.87. The summed E-state index contributed by atoms with van der Waals surface area (Å²) < 4.78 is 68.3. The molecule has 0 fully saturated rings. The van der Waals surface area contributed by atoms with Gasteiger partial charge in [0.15, 0.2) is 5.65 Å². The number of carboxylic acids is 1. The van der Waals surface area contributed by atoms with Gasteiger partial charge < -0.3 is 10.2 Å². The number of fused-ring (bicyclic) bond motifs is 1. The zero-order valence-electron chi connectivity index (χ0n) is 19.8. The average molecular weight is 533 g/mol. The minimum Gasteiger partial charge on any atom is -0.478 e. The van der Waals surface area contributed by atoms with Gasteiger partial charge in [-0.15, -0.1) is 0 Å². The molecule has 7 nitrogen and oxygen atoms in total. The highest BCUT2D eigenvalue weighted by atomic mass is 32.2. The summed E-state index contributed by atoms with van der Waals surface area (Å²) in [4.78, 5) is 14.8. The van der Waals surface area contributed by atoms with Gasteiger partial charge in [-0.1, -0.05) is 38.1 Å². The van der Waals surface area contributed by atoms with Crippen LogP contribution in [0.1, 0.15) is 58.6 Å². The number of aliphatic hydroxyl groups is 1. The van der Waals surface area contributed by atoms with E-state index >= 15 is 0 Å². The summed E-state index contributed by atoms with van der Waals surface area (Å²) in [5.74, 6) is -1.11. The fraction of sp³-hybridized carbons (Fsp3) is 0.231. The van der Waals surface area contributed by atoms with Crippen molar-refractivity contribution in [1.82, 2.24) is 8.96 Å². The number of pyridine rings is 1. The normalized spacial score (nSPS) is 13.3. The van der Waals surface area contributed by atoms with Gasteiger partial charge in [0.25, 0.3) is 10.0 Å². The van der Waals surface area contributed by atoms with Gasteiger partial charge in [0.2, 0.25) is 0 Å². The monoisotopic (exact) mass is 532 g/mol. The van der Waals surface area contributed by atoms with Gasteiger partial charge >= 0.3 is 12.1 Å². The number of aromatic nitrogens is 2. The third kappa shape index (κ3) is 5.23. The largest absolute Gasteiger partial charge is 0.478 e. The van der Waals surface area contributed by atoms with E-state index in [2.05, 4.69) is 4.98 Å². The van der Waals surface area contributed by atoms with Gasteiger partial charge in [-0.05, 0) is 53.4 Å². The molecular formula is C26H23F3N2O5S. The van der Waals surface area contributed by atoms with Crippen molar-refractivity contribution in [3.8, 4) is 0 Å². The standard InChI is InChI=1S/C26H23F3N2O5S/c1-15(2)18-4-3-5-21(12-18)37(35,36)31-22(13-19-11-20(26(27,28)29)14-30-24(19)31)23(32)10-16-6-8-17(9-7-16)25(33)34/h3-9,11-15,23,32H,10H2,1-2H3,(H,33,34). The number of aliphatic hydroxyl groups excluding tert-OH is 1. The van der Waals surface area contributed by atoms with Crippen molar-refractivity contribution in [2.75, 3.05) is 0 Å². The molecule has 0 aliphatic rings. The van der Waals surface area contributed by atoms with Gasteiger partial charge in [0.1, 0.15) is 0 Å². The van der Waals surface area contributed by atoms with Crippen molar-refractivity contribution in [3.05, 3.63) is 94.8 Å². The smallest absolute Gasteiger partial charge is 0.417 e. The van der Waals surface area contributed by atoms with Gasteiger partial charge in [-0.25, -0.2) is 22.2 Å². The zero-order chi connectivity index (χ0) is 27.1. The summed E-state index contributed by atoms with van der Waals surface area (Å²) in [6.45, 7) is 3.78. The molecule has 4 aromatic rings. The molecule has 4 rings (SSSR count). The number of alkyl halides is 3. The van der Waals surface area contributed by atoms with Crippen LogP contribution in [0.2, 0.25) is 0 Å². The molecule has 11 heteroatoms. The Morgan fingerprint density at radius 1 is 1.05 bits per heavy atom. The molecule has 0 amide bonds. The Hall–Kier alpha value is -3.70. The lowest BCUT2D eigenvalue weighted by Gasteiger charge is -2.17. The highest BCUT2D eigenvalue weighted by molar-refractivity contribution is 7.90. The van der Waals surface area contributed by atoms with Crippen LogP contribution in [0.4, 0.5) is 13.2 Å². The quantitative estimate of drug-likeness (QED) is 0.330. The summed E-state index contributed by atoms with van der Waals surface area (Å²) >= 11 is 0. The Morgan fingerprint density at radius 2 is 1.73 bits per heavy atom. The third-order valence-electron chi connectivity index (χ3n) is 5.99. The first kappa shape index (κ1) is 26.4. The van der Waals surface area contributed by atoms with E-state index < -0.39 is 33.8 Å². The number of rotatable bonds is 7. The Labute approximate surface area is 210 Å². The maximum Gasteiger partial charge on any atom is 0.417 e. The zero-order valence-corrected chi connectivity index (χ0v) is 20.6. The SMILES string of the molecule is CC(C)c1cccc(S(=O)(=O)n2c(C(O)Cc3ccc(C(=O)O)cc3)cc3cc(C(F)(F)F)cnc32)c1. The molecule has 194 valence electrons. The van der Waals surface area contributed by atoms with Crippen LogP contribution >= 0.6 is 0 Å². The van der Waals surface area contributed by atoms with Crippen molar-refractivity contribution in [2.24, 2.45) is 0 Å². The van der Waals surface area contributed by atoms with Gasteiger partial charge in [0, 0.05) is 18.0 Å². The topological polar surface area (TPSA) is 109 Å². The highest BCUT2D eigenvalue weighted by Crippen LogP contribution is 2.35. The molecule has 0 spiro atoms. The summed E-state index contributed by atoms with van der Waals surface area (Å²) in [6, 6.07) is 13.8. The number of nitrogens with zero attached hydrogens (tertiary/aromatic N) is 2. The van der Waals surface area contributed by atoms with Gasteiger partial charge in [-0.2, -0.15) is 13.2 Å². The van der Waals surface area contributed by atoms with E-state index in [0.29, 0.717) is 11.8 Å². The predicted octanol–water partition coefficient (Wildman–Crippen LogP) is 5.39. The van der Waals surface area contributed by atoms with Crippen molar-refractivity contribution in [2.45, 2.75) is 43.4 Å². The molecule has 2 heterocycles. The average Bonchev–Trinajstić information content (AvgIpc) is 3.24. The van der Waals surface area contributed by atoms with Gasteiger partial charge in [0.05, 0.1) is 27.8 Å². The van der Waals surface area contributed by atoms with E-state index in [1.165, 1.54) is 42.5 Å². The van der Waals surface area contributed by atoms with Crippen molar-refractivity contribution < 1.29 is 36.6 Å². The summed E-state index contributed by atoms with van der Waals surface area (Å²) in [5, 5.41) is 20.0. The summed E-state index contributed by atoms with van der Waals surface area (Å²) in [7, 11) is -4.38. The van der Waals surface area contributed by atoms with Crippen LogP contribution < -0.4 is 0 Å². The Bertz CT molecular complexity index is 1580. The van der Waals surface area contributed by atoms with E-state index in [1.807, 2.05) is 13.8 Å². The number of halogens is 3. The molecule has 0 saturated carbocycles. The highest BCUT2D eigenvalue weighted by Gasteiger charge is 2.33. The van der Waals surface area contributed by atoms with Crippen LogP contribution in [0.3, 0.4) is 0 Å². The summed E-state index contributed by atoms with van der Waals surface area (Å²) in [5.41, 5.74) is -0.203.